The van der Waals surface area contributed by atoms with Crippen LogP contribution < -0.4 is 4.72 Å². The Bertz CT molecular complexity index is 955. The van der Waals surface area contributed by atoms with E-state index in [1.54, 1.807) is 12.1 Å². The van der Waals surface area contributed by atoms with Crippen molar-refractivity contribution in [3.8, 4) is 0 Å². The molecule has 1 N–H and O–H groups in total. The fourth-order valence-corrected chi connectivity index (χ4v) is 4.53. The van der Waals surface area contributed by atoms with Gasteiger partial charge in [-0.15, -0.1) is 0 Å². The van der Waals surface area contributed by atoms with Crippen molar-refractivity contribution in [1.29, 1.82) is 0 Å². The number of hydrogen-bond donors (Lipinski definition) is 1. The number of carbonyl (C=O) groups excluding carboxylic acids is 1. The monoisotopic (exact) mass is 491 g/mol. The van der Waals surface area contributed by atoms with Crippen molar-refractivity contribution in [3.05, 3.63) is 70.7 Å². The van der Waals surface area contributed by atoms with Crippen LogP contribution in [0.2, 0.25) is 0 Å². The molecular formula is C22H26BrN3O3S. The normalized spacial score (nSPS) is 15.6. The Morgan fingerprint density at radius 2 is 1.67 bits per heavy atom. The Balaban J connectivity index is 1.38. The van der Waals surface area contributed by atoms with Crippen molar-refractivity contribution in [2.45, 2.75) is 11.3 Å². The van der Waals surface area contributed by atoms with Gasteiger partial charge in [-0.05, 0) is 29.8 Å². The Labute approximate surface area is 186 Å². The zero-order valence-corrected chi connectivity index (χ0v) is 19.1. The molecule has 0 radical (unpaired) electrons. The van der Waals surface area contributed by atoms with Crippen LogP contribution in [-0.4, -0.2) is 63.4 Å². The molecule has 0 atom stereocenters. The van der Waals surface area contributed by atoms with Gasteiger partial charge in [-0.2, -0.15) is 0 Å². The summed E-state index contributed by atoms with van der Waals surface area (Å²) in [6, 6.07) is 16.6. The van der Waals surface area contributed by atoms with Gasteiger partial charge in [-0.25, -0.2) is 13.1 Å². The van der Waals surface area contributed by atoms with E-state index in [0.717, 1.165) is 24.1 Å². The average Bonchev–Trinajstić information content (AvgIpc) is 2.75. The van der Waals surface area contributed by atoms with E-state index in [0.29, 0.717) is 13.1 Å². The molecule has 2 aromatic carbocycles. The minimum Gasteiger partial charge on any atom is -0.340 e. The molecule has 6 nitrogen and oxygen atoms in total. The van der Waals surface area contributed by atoms with Gasteiger partial charge in [0.05, 0.1) is 4.90 Å². The van der Waals surface area contributed by atoms with Crippen molar-refractivity contribution in [1.82, 2.24) is 14.5 Å². The first-order chi connectivity index (χ1) is 14.4. The van der Waals surface area contributed by atoms with Crippen molar-refractivity contribution in [2.24, 2.45) is 0 Å². The lowest BCUT2D eigenvalue weighted by molar-refractivity contribution is -0.132. The summed E-state index contributed by atoms with van der Waals surface area (Å²) in [7, 11) is -3.60. The molecule has 1 aliphatic rings. The maximum atomic E-state index is 12.4. The number of piperazine rings is 1. The third-order valence-corrected chi connectivity index (χ3v) is 6.96. The Hall–Kier alpha value is -2.00. The van der Waals surface area contributed by atoms with E-state index in [2.05, 4.69) is 49.8 Å². The second kappa shape index (κ2) is 10.9. The van der Waals surface area contributed by atoms with Gasteiger partial charge in [0.2, 0.25) is 15.9 Å². The maximum Gasteiger partial charge on any atom is 0.240 e. The van der Waals surface area contributed by atoms with Gasteiger partial charge >= 0.3 is 0 Å². The quantitative estimate of drug-likeness (QED) is 0.616. The van der Waals surface area contributed by atoms with Gasteiger partial charge < -0.3 is 4.90 Å². The molecule has 1 heterocycles. The number of hydrogen-bond acceptors (Lipinski definition) is 4. The van der Waals surface area contributed by atoms with Gasteiger partial charge in [0, 0.05) is 50.2 Å². The van der Waals surface area contributed by atoms with Gasteiger partial charge in [0.15, 0.2) is 0 Å². The first kappa shape index (κ1) is 22.7. The highest BCUT2D eigenvalue weighted by atomic mass is 79.9. The smallest absolute Gasteiger partial charge is 0.240 e. The van der Waals surface area contributed by atoms with Crippen LogP contribution in [-0.2, 0) is 14.8 Å². The van der Waals surface area contributed by atoms with Gasteiger partial charge in [0.25, 0.3) is 0 Å². The first-order valence-corrected chi connectivity index (χ1v) is 12.2. The van der Waals surface area contributed by atoms with E-state index in [9.17, 15) is 13.2 Å². The molecular weight excluding hydrogens is 466 g/mol. The molecule has 0 bridgehead atoms. The largest absolute Gasteiger partial charge is 0.340 e. The number of nitrogens with zero attached hydrogens (tertiary/aromatic N) is 2. The fraction of sp³-hybridized carbons (Fsp3) is 0.318. The van der Waals surface area contributed by atoms with Crippen LogP contribution >= 0.6 is 15.9 Å². The summed E-state index contributed by atoms with van der Waals surface area (Å²) in [5, 5.41) is 0. The lowest BCUT2D eigenvalue weighted by Gasteiger charge is -2.34. The number of rotatable bonds is 8. The highest BCUT2D eigenvalue weighted by Crippen LogP contribution is 2.14. The lowest BCUT2D eigenvalue weighted by atomic mass is 10.2. The Kier molecular flexibility index (Phi) is 8.21. The first-order valence-electron chi connectivity index (χ1n) is 9.91. The second-order valence-corrected chi connectivity index (χ2v) is 9.78. The summed E-state index contributed by atoms with van der Waals surface area (Å²) in [6.07, 6.45) is 4.41. The van der Waals surface area contributed by atoms with E-state index >= 15 is 0 Å². The Morgan fingerprint density at radius 1 is 1.00 bits per heavy atom. The average molecular weight is 492 g/mol. The predicted molar refractivity (Wildman–Crippen MR) is 122 cm³/mol. The fourth-order valence-electron chi connectivity index (χ4n) is 3.23. The molecule has 30 heavy (non-hydrogen) atoms. The molecule has 8 heteroatoms. The number of halogens is 1. The van der Waals surface area contributed by atoms with E-state index in [4.69, 9.17) is 0 Å². The summed E-state index contributed by atoms with van der Waals surface area (Å²) in [5.41, 5.74) is 1.18. The van der Waals surface area contributed by atoms with Crippen molar-refractivity contribution in [3.63, 3.8) is 0 Å². The molecule has 3 rings (SSSR count). The summed E-state index contributed by atoms with van der Waals surface area (Å²) >= 11 is 3.28. The van der Waals surface area contributed by atoms with Crippen molar-refractivity contribution >= 4 is 37.9 Å². The van der Waals surface area contributed by atoms with Crippen molar-refractivity contribution in [2.75, 3.05) is 39.3 Å². The van der Waals surface area contributed by atoms with E-state index < -0.39 is 10.0 Å². The van der Waals surface area contributed by atoms with Crippen LogP contribution in [0.25, 0.3) is 6.08 Å². The zero-order chi connectivity index (χ0) is 21.4. The highest BCUT2D eigenvalue weighted by Gasteiger charge is 2.21. The van der Waals surface area contributed by atoms with Gasteiger partial charge in [-0.1, -0.05) is 58.4 Å². The van der Waals surface area contributed by atoms with Crippen LogP contribution in [0.5, 0.6) is 0 Å². The summed E-state index contributed by atoms with van der Waals surface area (Å²) in [4.78, 5) is 16.7. The Morgan fingerprint density at radius 3 is 2.33 bits per heavy atom. The number of sulfonamides is 1. The molecule has 0 spiro atoms. The van der Waals surface area contributed by atoms with E-state index in [1.807, 2.05) is 23.1 Å². The van der Waals surface area contributed by atoms with Crippen LogP contribution in [0.15, 0.2) is 70.0 Å². The van der Waals surface area contributed by atoms with Crippen LogP contribution in [0.1, 0.15) is 12.0 Å². The standard InChI is InChI=1S/C22H26BrN3O3S/c23-20-8-10-21(11-9-20)30(28,29)24-13-12-22(27)26-17-15-25(16-18-26)14-4-7-19-5-2-1-3-6-19/h1-11,24H,12-18H2/b7-4+. The number of carbonyl (C=O) groups is 1. The molecule has 160 valence electrons. The molecule has 1 amide bonds. The minimum absolute atomic E-state index is 0.0204. The summed E-state index contributed by atoms with van der Waals surface area (Å²) < 4.78 is 27.9. The third kappa shape index (κ3) is 6.77. The molecule has 0 aromatic heterocycles. The van der Waals surface area contributed by atoms with Gasteiger partial charge in [-0.3, -0.25) is 9.69 Å². The minimum atomic E-state index is -3.60. The summed E-state index contributed by atoms with van der Waals surface area (Å²) in [5.74, 6) is -0.0204. The van der Waals surface area contributed by atoms with Crippen LogP contribution in [0, 0.1) is 0 Å². The highest BCUT2D eigenvalue weighted by molar-refractivity contribution is 9.10. The second-order valence-electron chi connectivity index (χ2n) is 7.10. The summed E-state index contributed by atoms with van der Waals surface area (Å²) in [6.45, 7) is 3.90. The molecule has 0 saturated carbocycles. The SMILES string of the molecule is O=C(CCNS(=O)(=O)c1ccc(Br)cc1)N1CCN(C/C=C/c2ccccc2)CC1. The molecule has 0 unspecified atom stereocenters. The maximum absolute atomic E-state index is 12.4. The molecule has 1 saturated heterocycles. The molecule has 1 aliphatic heterocycles. The van der Waals surface area contributed by atoms with Crippen LogP contribution in [0.3, 0.4) is 0 Å². The van der Waals surface area contributed by atoms with Gasteiger partial charge in [0.1, 0.15) is 0 Å². The van der Waals surface area contributed by atoms with E-state index in [-0.39, 0.29) is 23.8 Å². The topological polar surface area (TPSA) is 69.7 Å². The number of nitrogens with one attached hydrogen (secondary N) is 1. The van der Waals surface area contributed by atoms with E-state index in [1.165, 1.54) is 17.7 Å². The van der Waals surface area contributed by atoms with Crippen LogP contribution in [0.4, 0.5) is 0 Å². The predicted octanol–water partition coefficient (Wildman–Crippen LogP) is 2.98. The van der Waals surface area contributed by atoms with Crippen molar-refractivity contribution < 1.29 is 13.2 Å². The lowest BCUT2D eigenvalue weighted by Crippen LogP contribution is -2.49. The zero-order valence-electron chi connectivity index (χ0n) is 16.7. The number of amides is 1. The number of benzene rings is 2. The molecule has 1 fully saturated rings. The molecule has 2 aromatic rings. The third-order valence-electron chi connectivity index (χ3n) is 4.95. The molecule has 0 aliphatic carbocycles.